The number of Topliss-reactive ketones (excluding diaryl/α,β-unsaturated/α-hetero) is 1. The Balaban J connectivity index is 1.31. The molecule has 0 saturated carbocycles. The number of rotatable bonds is 7. The van der Waals surface area contributed by atoms with Crippen molar-refractivity contribution < 1.29 is 67.7 Å². The summed E-state index contributed by atoms with van der Waals surface area (Å²) < 4.78 is 36.3. The molecule has 5 aliphatic rings. The number of methoxy groups -OCH3 is 2. The third-order valence-electron chi connectivity index (χ3n) is 10.8. The van der Waals surface area contributed by atoms with E-state index in [1.54, 1.807) is 0 Å². The maximum Gasteiger partial charge on any atom is 0.247 e. The molecule has 3 fully saturated rings. The van der Waals surface area contributed by atoms with Crippen molar-refractivity contribution in [3.63, 3.8) is 0 Å². The quantitative estimate of drug-likeness (QED) is 0.157. The number of ketones is 3. The van der Waals surface area contributed by atoms with Crippen LogP contribution in [0.2, 0.25) is 0 Å². The number of benzene rings is 2. The van der Waals surface area contributed by atoms with E-state index in [2.05, 4.69) is 5.92 Å². The lowest BCUT2D eigenvalue weighted by Gasteiger charge is -2.48. The Morgan fingerprint density at radius 1 is 1.12 bits per heavy atom. The van der Waals surface area contributed by atoms with Gasteiger partial charge in [-0.1, -0.05) is 12.1 Å². The van der Waals surface area contributed by atoms with Crippen molar-refractivity contribution in [1.82, 2.24) is 0 Å². The number of aliphatic hydroxyl groups excluding tert-OH is 1. The number of carbonyl (C=O) groups is 3. The molecule has 14 heteroatoms. The number of aromatic hydroxyl groups is 2. The Bertz CT molecular complexity index is 1790. The molecule has 4 N–H and O–H groups in total. The maximum atomic E-state index is 14.0. The Labute approximate surface area is 281 Å². The minimum absolute atomic E-state index is 0.0455. The zero-order valence-electron chi connectivity index (χ0n) is 27.2. The second-order valence-corrected chi connectivity index (χ2v) is 13.2. The fourth-order valence-electron chi connectivity index (χ4n) is 8.52. The summed E-state index contributed by atoms with van der Waals surface area (Å²) in [5.41, 5.74) is -3.55. The summed E-state index contributed by atoms with van der Waals surface area (Å²) in [6.45, 7) is 2.02. The standard InChI is InChI=1S/C35H37NO13/c1-5-9-36-10-11-46-34(45-4)33(36)49-32-16(2)47-23(12-19(32)36)48-21-14-35(43,22(38)15-37)13-18-25(21)31(42)27-26(29(18)40)28(39)17-7-6-8-20(44-3)24(17)30(27)41/h1,6-8,16,19,21,23,32-34,37,43H,9-15H2,2-4H3,(H-,39,40,41,42)/p+1/t16-,19-,21-,23-,32+,33+,34-,35-,36?/m0/s1. The van der Waals surface area contributed by atoms with E-state index in [-0.39, 0.29) is 40.5 Å². The average Bonchev–Trinajstić information content (AvgIpc) is 3.42. The number of ether oxygens (including phenoxy) is 6. The Morgan fingerprint density at radius 2 is 1.88 bits per heavy atom. The van der Waals surface area contributed by atoms with Crippen LogP contribution in [0.5, 0.6) is 17.2 Å². The van der Waals surface area contributed by atoms with Crippen LogP contribution in [0.25, 0.3) is 0 Å². The van der Waals surface area contributed by atoms with Crippen LogP contribution in [0.15, 0.2) is 18.2 Å². The third-order valence-corrected chi connectivity index (χ3v) is 10.8. The number of phenolic OH excluding ortho intramolecular Hbond substituents is 2. The molecular weight excluding hydrogens is 642 g/mol. The van der Waals surface area contributed by atoms with Gasteiger partial charge in [0.2, 0.25) is 18.3 Å². The minimum Gasteiger partial charge on any atom is -0.507 e. The largest absolute Gasteiger partial charge is 0.507 e. The molecule has 2 aromatic rings. The van der Waals surface area contributed by atoms with Crippen LogP contribution in [0, 0.1) is 12.3 Å². The van der Waals surface area contributed by atoms with Crippen molar-refractivity contribution in [3.05, 3.63) is 51.6 Å². The summed E-state index contributed by atoms with van der Waals surface area (Å²) in [4.78, 5) is 40.7. The van der Waals surface area contributed by atoms with Crippen LogP contribution >= 0.6 is 0 Å². The minimum atomic E-state index is -2.26. The molecule has 0 aromatic heterocycles. The van der Waals surface area contributed by atoms with Crippen LogP contribution < -0.4 is 4.74 Å². The highest BCUT2D eigenvalue weighted by molar-refractivity contribution is 6.31. The van der Waals surface area contributed by atoms with E-state index < -0.39 is 102 Å². The molecule has 0 spiro atoms. The topological polar surface area (TPSA) is 188 Å². The number of phenols is 2. The SMILES string of the molecule is C#CC[N+]12CCO[C@H](OC)[C@H]1O[C@@H]1[C@H](C)O[C@@H](O[C@H]3C[C@](O)(C(=O)CO)Cc4c(O)c5c(c(O)c43)C(=O)c3c(OC)cccc3C5=O)C[C@@H]12. The number of hydrogen-bond donors (Lipinski definition) is 4. The van der Waals surface area contributed by atoms with Crippen molar-refractivity contribution in [2.75, 3.05) is 40.5 Å². The van der Waals surface area contributed by atoms with E-state index in [0.29, 0.717) is 24.2 Å². The molecule has 260 valence electrons. The first-order valence-electron chi connectivity index (χ1n) is 16.1. The number of morpholine rings is 1. The molecule has 0 radical (unpaired) electrons. The number of terminal acetylenes is 1. The van der Waals surface area contributed by atoms with E-state index in [1.807, 2.05) is 6.92 Å². The highest BCUT2D eigenvalue weighted by atomic mass is 16.7. The molecule has 2 aliphatic carbocycles. The van der Waals surface area contributed by atoms with E-state index in [0.717, 1.165) is 0 Å². The highest BCUT2D eigenvalue weighted by Crippen LogP contribution is 2.53. The first kappa shape index (κ1) is 33.6. The maximum absolute atomic E-state index is 14.0. The zero-order chi connectivity index (χ0) is 35.0. The van der Waals surface area contributed by atoms with Gasteiger partial charge in [-0.2, -0.15) is 0 Å². The first-order chi connectivity index (χ1) is 23.4. The van der Waals surface area contributed by atoms with E-state index >= 15 is 0 Å². The van der Waals surface area contributed by atoms with Crippen molar-refractivity contribution in [3.8, 4) is 29.6 Å². The van der Waals surface area contributed by atoms with Gasteiger partial charge >= 0.3 is 0 Å². The van der Waals surface area contributed by atoms with Gasteiger partial charge in [0.05, 0.1) is 49.0 Å². The summed E-state index contributed by atoms with van der Waals surface area (Å²) in [6.07, 6.45) is 0.583. The van der Waals surface area contributed by atoms with Crippen molar-refractivity contribution in [1.29, 1.82) is 0 Å². The Kier molecular flexibility index (Phi) is 8.33. The summed E-state index contributed by atoms with van der Waals surface area (Å²) in [5.74, 6) is -0.920. The summed E-state index contributed by atoms with van der Waals surface area (Å²) in [5, 5.41) is 44.9. The van der Waals surface area contributed by atoms with Gasteiger partial charge in [-0.3, -0.25) is 18.9 Å². The fraction of sp³-hybridized carbons (Fsp3) is 0.514. The van der Waals surface area contributed by atoms with Gasteiger partial charge in [0.25, 0.3) is 0 Å². The van der Waals surface area contributed by atoms with Crippen LogP contribution in [0.4, 0.5) is 0 Å². The number of hydrogen-bond acceptors (Lipinski definition) is 13. The number of aliphatic hydroxyl groups is 2. The molecule has 49 heavy (non-hydrogen) atoms. The Morgan fingerprint density at radius 3 is 2.57 bits per heavy atom. The molecule has 0 bridgehead atoms. The third kappa shape index (κ3) is 4.84. The van der Waals surface area contributed by atoms with Crippen LogP contribution in [-0.4, -0.2) is 125 Å². The normalized spacial score (nSPS) is 34.6. The van der Waals surface area contributed by atoms with Gasteiger partial charge in [0.15, 0.2) is 17.9 Å². The zero-order valence-corrected chi connectivity index (χ0v) is 27.2. The molecule has 9 atom stereocenters. The first-order valence-corrected chi connectivity index (χ1v) is 16.1. The van der Waals surface area contributed by atoms with Crippen molar-refractivity contribution in [2.45, 2.75) is 74.9 Å². The Hall–Kier alpha value is -3.91. The summed E-state index contributed by atoms with van der Waals surface area (Å²) in [7, 11) is 2.87. The number of fused-ring (bicyclic) bond motifs is 6. The molecule has 3 aliphatic heterocycles. The molecule has 3 saturated heterocycles. The number of quaternary nitrogens is 1. The number of carbonyl (C=O) groups excluding carboxylic acids is 3. The van der Waals surface area contributed by atoms with Crippen LogP contribution in [0.3, 0.4) is 0 Å². The smallest absolute Gasteiger partial charge is 0.247 e. The predicted octanol–water partition coefficient (Wildman–Crippen LogP) is 0.859. The van der Waals surface area contributed by atoms with Gasteiger partial charge in [0, 0.05) is 36.6 Å². The van der Waals surface area contributed by atoms with Crippen molar-refractivity contribution >= 4 is 17.3 Å². The summed E-state index contributed by atoms with van der Waals surface area (Å²) in [6, 6.07) is 4.17. The molecule has 14 nitrogen and oxygen atoms in total. The van der Waals surface area contributed by atoms with Gasteiger partial charge in [-0.25, -0.2) is 0 Å². The monoisotopic (exact) mass is 680 g/mol. The fourth-order valence-corrected chi connectivity index (χ4v) is 8.52. The molecule has 7 rings (SSSR count). The molecule has 0 amide bonds. The van der Waals surface area contributed by atoms with E-state index in [9.17, 15) is 34.8 Å². The second-order valence-electron chi connectivity index (χ2n) is 13.2. The predicted molar refractivity (Wildman–Crippen MR) is 166 cm³/mol. The van der Waals surface area contributed by atoms with E-state index in [1.165, 1.54) is 32.4 Å². The number of nitrogens with zero attached hydrogens (tertiary/aromatic N) is 1. The van der Waals surface area contributed by atoms with Gasteiger partial charge in [-0.15, -0.1) is 6.42 Å². The average molecular weight is 681 g/mol. The van der Waals surface area contributed by atoms with E-state index in [4.69, 9.17) is 34.8 Å². The molecule has 3 heterocycles. The summed E-state index contributed by atoms with van der Waals surface area (Å²) >= 11 is 0. The second kappa shape index (κ2) is 12.1. The molecule has 1 unspecified atom stereocenters. The lowest BCUT2D eigenvalue weighted by Crippen LogP contribution is -2.68. The van der Waals surface area contributed by atoms with Gasteiger partial charge in [-0.05, 0) is 18.9 Å². The highest BCUT2D eigenvalue weighted by Gasteiger charge is 2.64. The molecular formula is C35H38NO13+. The van der Waals surface area contributed by atoms with Crippen LogP contribution in [0.1, 0.15) is 68.8 Å². The van der Waals surface area contributed by atoms with Crippen LogP contribution in [-0.2, 0) is 34.9 Å². The molecule has 2 aromatic carbocycles. The van der Waals surface area contributed by atoms with Crippen molar-refractivity contribution in [2.24, 2.45) is 0 Å². The van der Waals surface area contributed by atoms with Gasteiger partial charge < -0.3 is 48.8 Å². The van der Waals surface area contributed by atoms with Gasteiger partial charge in [0.1, 0.15) is 54.7 Å². The lowest BCUT2D eigenvalue weighted by molar-refractivity contribution is -0.980. The lowest BCUT2D eigenvalue weighted by atomic mass is 9.72.